The average Bonchev–Trinajstić information content (AvgIpc) is 2.69. The summed E-state index contributed by atoms with van der Waals surface area (Å²) in [5, 5.41) is 10.3. The molecule has 2 atom stereocenters. The second-order valence-corrected chi connectivity index (χ2v) is 4.69. The van der Waals surface area contributed by atoms with E-state index in [1.54, 1.807) is 19.1 Å². The number of hydrogen-bond acceptors (Lipinski definition) is 4. The van der Waals surface area contributed by atoms with Gasteiger partial charge in [0.05, 0.1) is 11.6 Å². The fourth-order valence-corrected chi connectivity index (χ4v) is 2.32. The summed E-state index contributed by atoms with van der Waals surface area (Å²) in [6.45, 7) is 3.86. The van der Waals surface area contributed by atoms with E-state index in [-0.39, 0.29) is 12.7 Å². The Morgan fingerprint density at radius 3 is 3.06 bits per heavy atom. The van der Waals surface area contributed by atoms with Crippen molar-refractivity contribution < 1.29 is 19.4 Å². The Hall–Kier alpha value is -1.26. The van der Waals surface area contributed by atoms with Gasteiger partial charge >= 0.3 is 5.97 Å². The molecule has 0 saturated carbocycles. The molecule has 1 heterocycles. The van der Waals surface area contributed by atoms with Gasteiger partial charge in [0.2, 0.25) is 0 Å². The fourth-order valence-electron chi connectivity index (χ4n) is 2.02. The summed E-state index contributed by atoms with van der Waals surface area (Å²) >= 11 is 6.08. The van der Waals surface area contributed by atoms with E-state index in [1.165, 1.54) is 0 Å². The molecule has 2 rings (SSSR count). The standard InChI is InChI=1S/C13H15ClO4/c1-3-17-13(16)11(15)8-5-9-4-7(2)18-12(9)10(14)6-8/h5-7,11,15H,3-4H2,1-2H3. The van der Waals surface area contributed by atoms with E-state index >= 15 is 0 Å². The third-order valence-electron chi connectivity index (χ3n) is 2.79. The van der Waals surface area contributed by atoms with Crippen molar-refractivity contribution in [2.45, 2.75) is 32.5 Å². The van der Waals surface area contributed by atoms with Crippen LogP contribution in [0.3, 0.4) is 0 Å². The summed E-state index contributed by atoms with van der Waals surface area (Å²) in [6.07, 6.45) is -0.519. The molecule has 1 aliphatic heterocycles. The van der Waals surface area contributed by atoms with Crippen molar-refractivity contribution in [2.24, 2.45) is 0 Å². The van der Waals surface area contributed by atoms with Gasteiger partial charge in [-0.05, 0) is 37.1 Å². The quantitative estimate of drug-likeness (QED) is 0.856. The van der Waals surface area contributed by atoms with Gasteiger partial charge in [0.15, 0.2) is 6.10 Å². The summed E-state index contributed by atoms with van der Waals surface area (Å²) in [6, 6.07) is 3.28. The molecule has 0 saturated heterocycles. The van der Waals surface area contributed by atoms with E-state index < -0.39 is 12.1 Å². The number of esters is 1. The highest BCUT2D eigenvalue weighted by atomic mass is 35.5. The van der Waals surface area contributed by atoms with Crippen molar-refractivity contribution >= 4 is 17.6 Å². The summed E-state index contributed by atoms with van der Waals surface area (Å²) in [5.41, 5.74) is 1.35. The molecule has 0 spiro atoms. The highest BCUT2D eigenvalue weighted by Crippen LogP contribution is 2.38. The Bertz CT molecular complexity index is 472. The summed E-state index contributed by atoms with van der Waals surface area (Å²) in [5.74, 6) is -0.0237. The molecule has 1 N–H and O–H groups in total. The molecule has 1 aromatic carbocycles. The number of carbonyl (C=O) groups excluding carboxylic acids is 1. The molecule has 1 aliphatic rings. The van der Waals surface area contributed by atoms with Gasteiger partial charge in [0, 0.05) is 6.42 Å². The first-order valence-electron chi connectivity index (χ1n) is 5.86. The molecule has 0 radical (unpaired) electrons. The minimum atomic E-state index is -1.30. The number of benzene rings is 1. The van der Waals surface area contributed by atoms with Gasteiger partial charge in [0.1, 0.15) is 11.9 Å². The van der Waals surface area contributed by atoms with Crippen LogP contribution < -0.4 is 4.74 Å². The Labute approximate surface area is 110 Å². The van der Waals surface area contributed by atoms with Gasteiger partial charge in [-0.1, -0.05) is 11.6 Å². The maximum atomic E-state index is 11.5. The van der Waals surface area contributed by atoms with Crippen molar-refractivity contribution in [3.8, 4) is 5.75 Å². The zero-order valence-electron chi connectivity index (χ0n) is 10.3. The fraction of sp³-hybridized carbons (Fsp3) is 0.462. The highest BCUT2D eigenvalue weighted by molar-refractivity contribution is 6.32. The van der Waals surface area contributed by atoms with Crippen LogP contribution in [0.1, 0.15) is 31.1 Å². The van der Waals surface area contributed by atoms with Crippen molar-refractivity contribution in [3.05, 3.63) is 28.3 Å². The van der Waals surface area contributed by atoms with E-state index in [9.17, 15) is 9.90 Å². The van der Waals surface area contributed by atoms with Crippen LogP contribution in [0.2, 0.25) is 5.02 Å². The second kappa shape index (κ2) is 5.16. The lowest BCUT2D eigenvalue weighted by atomic mass is 10.0. The number of ether oxygens (including phenoxy) is 2. The van der Waals surface area contributed by atoms with E-state index in [1.807, 2.05) is 6.92 Å². The van der Waals surface area contributed by atoms with E-state index in [0.717, 1.165) is 12.0 Å². The van der Waals surface area contributed by atoms with Crippen LogP contribution in [0.25, 0.3) is 0 Å². The number of halogens is 1. The van der Waals surface area contributed by atoms with Gasteiger partial charge < -0.3 is 14.6 Å². The van der Waals surface area contributed by atoms with Crippen LogP contribution in [0.5, 0.6) is 5.75 Å². The van der Waals surface area contributed by atoms with Crippen LogP contribution in [0.4, 0.5) is 0 Å². The molecule has 0 bridgehead atoms. The van der Waals surface area contributed by atoms with Crippen LogP contribution in [0, 0.1) is 0 Å². The maximum absolute atomic E-state index is 11.5. The lowest BCUT2D eigenvalue weighted by Crippen LogP contribution is -2.15. The number of aliphatic hydroxyl groups excluding tert-OH is 1. The minimum absolute atomic E-state index is 0.0625. The SMILES string of the molecule is CCOC(=O)C(O)c1cc(Cl)c2c(c1)CC(C)O2. The predicted molar refractivity (Wildman–Crippen MR) is 66.8 cm³/mol. The smallest absolute Gasteiger partial charge is 0.339 e. The Morgan fingerprint density at radius 2 is 2.39 bits per heavy atom. The van der Waals surface area contributed by atoms with Gasteiger partial charge in [-0.3, -0.25) is 0 Å². The summed E-state index contributed by atoms with van der Waals surface area (Å²) < 4.78 is 10.3. The molecule has 5 heteroatoms. The van der Waals surface area contributed by atoms with E-state index in [2.05, 4.69) is 0 Å². The second-order valence-electron chi connectivity index (χ2n) is 4.28. The molecule has 4 nitrogen and oxygen atoms in total. The van der Waals surface area contributed by atoms with Crippen molar-refractivity contribution in [1.29, 1.82) is 0 Å². The van der Waals surface area contributed by atoms with Gasteiger partial charge in [-0.15, -0.1) is 0 Å². The number of aliphatic hydroxyl groups is 1. The monoisotopic (exact) mass is 270 g/mol. The molecule has 1 aromatic rings. The predicted octanol–water partition coefficient (Wildman–Crippen LogP) is 2.26. The lowest BCUT2D eigenvalue weighted by molar-refractivity contribution is -0.153. The molecule has 2 unspecified atom stereocenters. The molecular weight excluding hydrogens is 256 g/mol. The zero-order valence-corrected chi connectivity index (χ0v) is 11.0. The molecule has 18 heavy (non-hydrogen) atoms. The van der Waals surface area contributed by atoms with Crippen LogP contribution in [-0.4, -0.2) is 23.8 Å². The molecule has 0 aromatic heterocycles. The first kappa shape index (κ1) is 13.2. The average molecular weight is 271 g/mol. The molecular formula is C13H15ClO4. The number of carbonyl (C=O) groups is 1. The van der Waals surface area contributed by atoms with Gasteiger partial charge in [-0.2, -0.15) is 0 Å². The lowest BCUT2D eigenvalue weighted by Gasteiger charge is -2.12. The number of fused-ring (bicyclic) bond motifs is 1. The summed E-state index contributed by atoms with van der Waals surface area (Å²) in [4.78, 5) is 11.5. The largest absolute Gasteiger partial charge is 0.489 e. The van der Waals surface area contributed by atoms with Gasteiger partial charge in [0.25, 0.3) is 0 Å². The third-order valence-corrected chi connectivity index (χ3v) is 3.08. The molecule has 98 valence electrons. The summed E-state index contributed by atoms with van der Waals surface area (Å²) in [7, 11) is 0. The third kappa shape index (κ3) is 2.44. The number of rotatable bonds is 3. The van der Waals surface area contributed by atoms with E-state index in [0.29, 0.717) is 16.3 Å². The Morgan fingerprint density at radius 1 is 1.67 bits per heavy atom. The topological polar surface area (TPSA) is 55.8 Å². The normalized spacial score (nSPS) is 19.0. The zero-order chi connectivity index (χ0) is 13.3. The van der Waals surface area contributed by atoms with Crippen LogP contribution in [0.15, 0.2) is 12.1 Å². The Kier molecular flexibility index (Phi) is 3.78. The van der Waals surface area contributed by atoms with Gasteiger partial charge in [-0.25, -0.2) is 4.79 Å². The minimum Gasteiger partial charge on any atom is -0.489 e. The maximum Gasteiger partial charge on any atom is 0.339 e. The first-order chi connectivity index (χ1) is 8.52. The van der Waals surface area contributed by atoms with E-state index in [4.69, 9.17) is 21.1 Å². The first-order valence-corrected chi connectivity index (χ1v) is 6.24. The van der Waals surface area contributed by atoms with Crippen LogP contribution in [-0.2, 0) is 16.0 Å². The van der Waals surface area contributed by atoms with Crippen LogP contribution >= 0.6 is 11.6 Å². The number of hydrogen-bond donors (Lipinski definition) is 1. The van der Waals surface area contributed by atoms with Crippen molar-refractivity contribution in [1.82, 2.24) is 0 Å². The van der Waals surface area contributed by atoms with Crippen molar-refractivity contribution in [2.75, 3.05) is 6.61 Å². The Balaban J connectivity index is 2.28. The molecule has 0 aliphatic carbocycles. The highest BCUT2D eigenvalue weighted by Gasteiger charge is 2.26. The van der Waals surface area contributed by atoms with Crippen molar-refractivity contribution in [3.63, 3.8) is 0 Å². The molecule has 0 fully saturated rings. The molecule has 0 amide bonds.